The van der Waals surface area contributed by atoms with Gasteiger partial charge in [-0.15, -0.1) is 10.2 Å². The first-order valence-electron chi connectivity index (χ1n) is 6.77. The van der Waals surface area contributed by atoms with E-state index in [9.17, 15) is 9.18 Å². The molecule has 110 valence electrons. The number of amides is 1. The van der Waals surface area contributed by atoms with E-state index >= 15 is 0 Å². The van der Waals surface area contributed by atoms with Gasteiger partial charge in [-0.2, -0.15) is 0 Å². The smallest absolute Gasteiger partial charge is 0.257 e. The van der Waals surface area contributed by atoms with Crippen LogP contribution in [0.5, 0.6) is 0 Å². The van der Waals surface area contributed by atoms with Crippen LogP contribution in [0, 0.1) is 5.82 Å². The summed E-state index contributed by atoms with van der Waals surface area (Å²) in [6, 6.07) is 3.98. The van der Waals surface area contributed by atoms with Gasteiger partial charge in [0.1, 0.15) is 11.6 Å². The predicted octanol–water partition coefficient (Wildman–Crippen LogP) is 1.22. The highest BCUT2D eigenvalue weighted by atomic mass is 19.1. The highest BCUT2D eigenvalue weighted by molar-refractivity contribution is 5.95. The third-order valence-corrected chi connectivity index (χ3v) is 3.63. The van der Waals surface area contributed by atoms with Crippen LogP contribution >= 0.6 is 0 Å². The Kier molecular flexibility index (Phi) is 3.32. The zero-order valence-corrected chi connectivity index (χ0v) is 11.7. The fourth-order valence-electron chi connectivity index (χ4n) is 2.52. The fourth-order valence-corrected chi connectivity index (χ4v) is 2.52. The summed E-state index contributed by atoms with van der Waals surface area (Å²) in [5.74, 6) is 0.673. The number of carbonyl (C=O) groups excluding carboxylic acids is 1. The average molecular weight is 289 g/mol. The number of aromatic nitrogens is 3. The minimum Gasteiger partial charge on any atom is -0.399 e. The van der Waals surface area contributed by atoms with Gasteiger partial charge in [-0.1, -0.05) is 0 Å². The molecule has 0 saturated heterocycles. The summed E-state index contributed by atoms with van der Waals surface area (Å²) in [5.41, 5.74) is 5.94. The number of anilines is 1. The summed E-state index contributed by atoms with van der Waals surface area (Å²) in [6.07, 6.45) is 1.95. The molecule has 0 atom stereocenters. The lowest BCUT2D eigenvalue weighted by Crippen LogP contribution is -2.28. The van der Waals surface area contributed by atoms with Gasteiger partial charge in [-0.25, -0.2) is 4.39 Å². The van der Waals surface area contributed by atoms with E-state index in [-0.39, 0.29) is 5.56 Å². The Balaban J connectivity index is 1.80. The van der Waals surface area contributed by atoms with Gasteiger partial charge in [-0.05, 0) is 24.6 Å². The summed E-state index contributed by atoms with van der Waals surface area (Å²) < 4.78 is 15.8. The Morgan fingerprint density at radius 2 is 2.29 bits per heavy atom. The molecule has 0 fully saturated rings. The zero-order valence-electron chi connectivity index (χ0n) is 11.7. The normalized spacial score (nSPS) is 13.2. The van der Waals surface area contributed by atoms with Crippen LogP contribution in [0.1, 0.15) is 28.4 Å². The van der Waals surface area contributed by atoms with Crippen molar-refractivity contribution >= 4 is 11.6 Å². The maximum absolute atomic E-state index is 13.7. The number of halogens is 1. The molecule has 0 radical (unpaired) electrons. The topological polar surface area (TPSA) is 77.0 Å². The molecule has 21 heavy (non-hydrogen) atoms. The summed E-state index contributed by atoms with van der Waals surface area (Å²) in [7, 11) is 1.61. The minimum absolute atomic E-state index is 0.0290. The van der Waals surface area contributed by atoms with Crippen LogP contribution in [-0.4, -0.2) is 32.6 Å². The first kappa shape index (κ1) is 13.5. The molecule has 6 nitrogen and oxygen atoms in total. The summed E-state index contributed by atoms with van der Waals surface area (Å²) in [4.78, 5) is 13.7. The van der Waals surface area contributed by atoms with Gasteiger partial charge in [0.15, 0.2) is 5.82 Å². The van der Waals surface area contributed by atoms with Gasteiger partial charge in [0.25, 0.3) is 5.91 Å². The van der Waals surface area contributed by atoms with Gasteiger partial charge in [0, 0.05) is 25.7 Å². The van der Waals surface area contributed by atoms with E-state index in [0.29, 0.717) is 12.2 Å². The number of hydrogen-bond donors (Lipinski definition) is 1. The highest BCUT2D eigenvalue weighted by Crippen LogP contribution is 2.17. The number of nitrogen functional groups attached to an aromatic ring is 1. The van der Waals surface area contributed by atoms with E-state index in [2.05, 4.69) is 10.2 Å². The maximum Gasteiger partial charge on any atom is 0.257 e. The monoisotopic (exact) mass is 289 g/mol. The molecule has 1 aromatic heterocycles. The van der Waals surface area contributed by atoms with Crippen molar-refractivity contribution in [2.45, 2.75) is 25.9 Å². The largest absolute Gasteiger partial charge is 0.399 e. The van der Waals surface area contributed by atoms with Crippen molar-refractivity contribution in [2.24, 2.45) is 0 Å². The molecule has 0 spiro atoms. The molecule has 3 rings (SSSR count). The molecule has 1 amide bonds. The fraction of sp³-hybridized carbons (Fsp3) is 0.357. The highest BCUT2D eigenvalue weighted by Gasteiger charge is 2.22. The Morgan fingerprint density at radius 1 is 1.48 bits per heavy atom. The van der Waals surface area contributed by atoms with Crippen molar-refractivity contribution in [3.63, 3.8) is 0 Å². The lowest BCUT2D eigenvalue weighted by molar-refractivity contribution is 0.0775. The molecule has 1 aromatic carbocycles. The SMILES string of the molecule is CN(Cc1nnc2n1CCC2)C(=O)c1cc(N)ccc1F. The molecular weight excluding hydrogens is 273 g/mol. The number of fused-ring (bicyclic) bond motifs is 1. The van der Waals surface area contributed by atoms with Crippen molar-refractivity contribution in [1.82, 2.24) is 19.7 Å². The van der Waals surface area contributed by atoms with E-state index in [1.807, 2.05) is 4.57 Å². The lowest BCUT2D eigenvalue weighted by atomic mass is 10.1. The number of aryl methyl sites for hydroxylation is 1. The Hall–Kier alpha value is -2.44. The van der Waals surface area contributed by atoms with Crippen molar-refractivity contribution in [1.29, 1.82) is 0 Å². The standard InChI is InChI=1S/C14H16FN5O/c1-19(8-13-18-17-12-3-2-6-20(12)13)14(21)10-7-9(16)4-5-11(10)15/h4-5,7H,2-3,6,8,16H2,1H3. The molecule has 2 aromatic rings. The molecule has 1 aliphatic rings. The Morgan fingerprint density at radius 3 is 3.10 bits per heavy atom. The number of carbonyl (C=O) groups is 1. The summed E-state index contributed by atoms with van der Waals surface area (Å²) >= 11 is 0. The summed E-state index contributed by atoms with van der Waals surface area (Å²) in [5, 5.41) is 8.19. The number of nitrogens with two attached hydrogens (primary N) is 1. The molecule has 1 aliphatic heterocycles. The number of nitrogens with zero attached hydrogens (tertiary/aromatic N) is 4. The third-order valence-electron chi connectivity index (χ3n) is 3.63. The Bertz CT molecular complexity index is 697. The number of rotatable bonds is 3. The predicted molar refractivity (Wildman–Crippen MR) is 75.0 cm³/mol. The second kappa shape index (κ2) is 5.16. The maximum atomic E-state index is 13.7. The third kappa shape index (κ3) is 2.46. The van der Waals surface area contributed by atoms with E-state index < -0.39 is 11.7 Å². The lowest BCUT2D eigenvalue weighted by Gasteiger charge is -2.17. The van der Waals surface area contributed by atoms with Gasteiger partial charge < -0.3 is 15.2 Å². The Labute approximate surface area is 121 Å². The van der Waals surface area contributed by atoms with Gasteiger partial charge >= 0.3 is 0 Å². The van der Waals surface area contributed by atoms with Gasteiger partial charge in [0.2, 0.25) is 0 Å². The van der Waals surface area contributed by atoms with Crippen LogP contribution < -0.4 is 5.73 Å². The summed E-state index contributed by atoms with van der Waals surface area (Å²) in [6.45, 7) is 1.16. The van der Waals surface area contributed by atoms with Gasteiger partial charge in [-0.3, -0.25) is 4.79 Å². The first-order chi connectivity index (χ1) is 10.1. The van der Waals surface area contributed by atoms with Crippen LogP contribution in [0.4, 0.5) is 10.1 Å². The van der Waals surface area contributed by atoms with Crippen molar-refractivity contribution < 1.29 is 9.18 Å². The van der Waals surface area contributed by atoms with Gasteiger partial charge in [0.05, 0.1) is 12.1 Å². The molecular formula is C14H16FN5O. The van der Waals surface area contributed by atoms with Crippen molar-refractivity contribution in [3.05, 3.63) is 41.2 Å². The number of benzene rings is 1. The van der Waals surface area contributed by atoms with E-state index in [1.54, 1.807) is 7.05 Å². The second-order valence-electron chi connectivity index (χ2n) is 5.19. The molecule has 0 unspecified atom stereocenters. The molecule has 0 saturated carbocycles. The minimum atomic E-state index is -0.576. The molecule has 0 bridgehead atoms. The molecule has 7 heteroatoms. The van der Waals surface area contributed by atoms with E-state index in [4.69, 9.17) is 5.73 Å². The van der Waals surface area contributed by atoms with Crippen LogP contribution in [0.3, 0.4) is 0 Å². The van der Waals surface area contributed by atoms with Crippen molar-refractivity contribution in [3.8, 4) is 0 Å². The van der Waals surface area contributed by atoms with Crippen LogP contribution in [0.25, 0.3) is 0 Å². The molecule has 0 aliphatic carbocycles. The van der Waals surface area contributed by atoms with E-state index in [0.717, 1.165) is 31.0 Å². The van der Waals surface area contributed by atoms with Crippen molar-refractivity contribution in [2.75, 3.05) is 12.8 Å². The van der Waals surface area contributed by atoms with Crippen LogP contribution in [0.15, 0.2) is 18.2 Å². The molecule has 2 N–H and O–H groups in total. The van der Waals surface area contributed by atoms with Crippen LogP contribution in [0.2, 0.25) is 0 Å². The average Bonchev–Trinajstić information content (AvgIpc) is 3.05. The second-order valence-corrected chi connectivity index (χ2v) is 5.19. The van der Waals surface area contributed by atoms with Crippen LogP contribution in [-0.2, 0) is 19.5 Å². The zero-order chi connectivity index (χ0) is 15.0. The quantitative estimate of drug-likeness (QED) is 0.862. The van der Waals surface area contributed by atoms with E-state index in [1.165, 1.54) is 23.1 Å². The number of hydrogen-bond acceptors (Lipinski definition) is 4. The molecule has 2 heterocycles. The first-order valence-corrected chi connectivity index (χ1v) is 6.77.